The molecule has 1 aliphatic rings. The lowest BCUT2D eigenvalue weighted by molar-refractivity contribution is 0.143. The molecule has 0 spiro atoms. The normalized spacial score (nSPS) is 13.1. The van der Waals surface area contributed by atoms with E-state index in [2.05, 4.69) is 77.9 Å². The van der Waals surface area contributed by atoms with E-state index in [4.69, 9.17) is 10.3 Å². The zero-order valence-corrected chi connectivity index (χ0v) is 23.0. The molecule has 1 amide bonds. The first-order valence-corrected chi connectivity index (χ1v) is 19.1. The van der Waals surface area contributed by atoms with Crippen LogP contribution in [0.5, 0.6) is 0 Å². The topological polar surface area (TPSA) is 87.1 Å². The summed E-state index contributed by atoms with van der Waals surface area (Å²) in [6.45, 7) is 11.4. The van der Waals surface area contributed by atoms with Crippen molar-refractivity contribution in [2.45, 2.75) is 62.7 Å². The Hall–Kier alpha value is -2.55. The highest BCUT2D eigenvalue weighted by molar-refractivity contribution is 6.95. The SMILES string of the molecule is C[Si](C)(CCCN=[N+]=[N-])C[Si](C)(C)CCCNC(=O)OCC1c2ccccc2-c2ccccc21. The molecule has 0 atom stereocenters. The summed E-state index contributed by atoms with van der Waals surface area (Å²) in [6.07, 6.45) is 1.66. The summed E-state index contributed by atoms with van der Waals surface area (Å²) < 4.78 is 5.65. The zero-order valence-electron chi connectivity index (χ0n) is 21.0. The molecular weight excluding hydrogens is 456 g/mol. The maximum absolute atomic E-state index is 12.4. The van der Waals surface area contributed by atoms with Crippen LogP contribution in [0.3, 0.4) is 0 Å². The Balaban J connectivity index is 1.41. The third-order valence-electron chi connectivity index (χ3n) is 6.78. The highest BCUT2D eigenvalue weighted by Crippen LogP contribution is 2.44. The van der Waals surface area contributed by atoms with Crippen LogP contribution < -0.4 is 5.32 Å². The fourth-order valence-electron chi connectivity index (χ4n) is 5.55. The smallest absolute Gasteiger partial charge is 0.407 e. The second-order valence-electron chi connectivity index (χ2n) is 10.9. The van der Waals surface area contributed by atoms with E-state index in [0.29, 0.717) is 19.7 Å². The van der Waals surface area contributed by atoms with Crippen molar-refractivity contribution >= 4 is 22.2 Å². The average Bonchev–Trinajstić information content (AvgIpc) is 3.11. The molecule has 3 rings (SSSR count). The van der Waals surface area contributed by atoms with Gasteiger partial charge >= 0.3 is 6.09 Å². The number of ether oxygens (including phenoxy) is 1. The Kier molecular flexibility index (Phi) is 8.99. The molecule has 0 heterocycles. The maximum atomic E-state index is 12.4. The molecule has 0 saturated heterocycles. The van der Waals surface area contributed by atoms with Crippen LogP contribution in [-0.2, 0) is 4.74 Å². The number of azide groups is 1. The summed E-state index contributed by atoms with van der Waals surface area (Å²) >= 11 is 0. The van der Waals surface area contributed by atoms with Gasteiger partial charge < -0.3 is 10.1 Å². The number of carbonyl (C=O) groups is 1. The van der Waals surface area contributed by atoms with Crippen LogP contribution in [0.4, 0.5) is 4.79 Å². The minimum atomic E-state index is -1.33. The van der Waals surface area contributed by atoms with Gasteiger partial charge in [-0.1, -0.05) is 104 Å². The number of fused-ring (bicyclic) bond motifs is 3. The highest BCUT2D eigenvalue weighted by Gasteiger charge is 2.31. The molecule has 0 aliphatic heterocycles. The van der Waals surface area contributed by atoms with Gasteiger partial charge in [-0.05, 0) is 34.2 Å². The lowest BCUT2D eigenvalue weighted by atomic mass is 9.98. The summed E-state index contributed by atoms with van der Waals surface area (Å²) in [5.41, 5.74) is 14.8. The summed E-state index contributed by atoms with van der Waals surface area (Å²) in [5.74, 6) is 0.0931. The number of hydrogen-bond donors (Lipinski definition) is 1. The van der Waals surface area contributed by atoms with Gasteiger partial charge in [-0.25, -0.2) is 4.79 Å². The fraction of sp³-hybridized carbons (Fsp3) is 0.500. The van der Waals surface area contributed by atoms with Crippen molar-refractivity contribution in [3.8, 4) is 11.1 Å². The molecule has 182 valence electrons. The number of amides is 1. The fourth-order valence-corrected chi connectivity index (χ4v) is 19.6. The van der Waals surface area contributed by atoms with Gasteiger partial charge in [0.1, 0.15) is 6.61 Å². The van der Waals surface area contributed by atoms with E-state index in [1.807, 2.05) is 12.1 Å². The van der Waals surface area contributed by atoms with E-state index in [9.17, 15) is 4.79 Å². The van der Waals surface area contributed by atoms with Crippen LogP contribution in [0.1, 0.15) is 29.9 Å². The molecule has 2 aromatic rings. The first-order valence-electron chi connectivity index (χ1n) is 12.3. The van der Waals surface area contributed by atoms with Crippen LogP contribution in [0.25, 0.3) is 21.6 Å². The molecule has 0 saturated carbocycles. The van der Waals surface area contributed by atoms with Crippen LogP contribution in [0, 0.1) is 0 Å². The predicted molar refractivity (Wildman–Crippen MR) is 146 cm³/mol. The summed E-state index contributed by atoms with van der Waals surface area (Å²) in [6, 6.07) is 19.2. The van der Waals surface area contributed by atoms with Gasteiger partial charge in [0.25, 0.3) is 0 Å². The van der Waals surface area contributed by atoms with Crippen molar-refractivity contribution in [2.24, 2.45) is 5.11 Å². The number of alkyl carbamates (subject to hydrolysis) is 1. The van der Waals surface area contributed by atoms with Gasteiger partial charge in [0.2, 0.25) is 0 Å². The van der Waals surface area contributed by atoms with Gasteiger partial charge in [-0.15, -0.1) is 0 Å². The molecule has 1 N–H and O–H groups in total. The predicted octanol–water partition coefficient (Wildman–Crippen LogP) is 7.57. The monoisotopic (exact) mass is 494 g/mol. The molecular formula is C26H38N4O2Si2. The van der Waals surface area contributed by atoms with E-state index in [0.717, 1.165) is 12.8 Å². The maximum Gasteiger partial charge on any atom is 0.407 e. The molecule has 0 bridgehead atoms. The van der Waals surface area contributed by atoms with E-state index in [1.165, 1.54) is 40.0 Å². The molecule has 34 heavy (non-hydrogen) atoms. The summed E-state index contributed by atoms with van der Waals surface area (Å²) in [4.78, 5) is 15.3. The molecule has 0 aromatic heterocycles. The Labute approximate surface area is 205 Å². The van der Waals surface area contributed by atoms with Crippen LogP contribution in [0.2, 0.25) is 43.9 Å². The van der Waals surface area contributed by atoms with Gasteiger partial charge in [-0.2, -0.15) is 0 Å². The van der Waals surface area contributed by atoms with E-state index < -0.39 is 16.1 Å². The highest BCUT2D eigenvalue weighted by atomic mass is 28.4. The Morgan fingerprint density at radius 1 is 0.971 bits per heavy atom. The number of nitrogens with zero attached hydrogens (tertiary/aromatic N) is 3. The number of benzene rings is 2. The van der Waals surface area contributed by atoms with Crippen molar-refractivity contribution in [3.63, 3.8) is 0 Å². The average molecular weight is 495 g/mol. The van der Waals surface area contributed by atoms with Gasteiger partial charge in [0, 0.05) is 40.1 Å². The molecule has 1 aliphatic carbocycles. The van der Waals surface area contributed by atoms with Gasteiger partial charge in [-0.3, -0.25) is 0 Å². The lowest BCUT2D eigenvalue weighted by Crippen LogP contribution is -2.40. The van der Waals surface area contributed by atoms with E-state index >= 15 is 0 Å². The second-order valence-corrected chi connectivity index (χ2v) is 22.0. The van der Waals surface area contributed by atoms with Crippen molar-refractivity contribution in [2.75, 3.05) is 19.7 Å². The minimum Gasteiger partial charge on any atom is -0.449 e. The molecule has 8 heteroatoms. The molecule has 0 radical (unpaired) electrons. The first-order chi connectivity index (χ1) is 16.2. The largest absolute Gasteiger partial charge is 0.449 e. The molecule has 0 fully saturated rings. The Morgan fingerprint density at radius 2 is 1.53 bits per heavy atom. The summed E-state index contributed by atoms with van der Waals surface area (Å²) in [5, 5.41) is 6.64. The van der Waals surface area contributed by atoms with E-state index in [1.54, 1.807) is 0 Å². The molecule has 2 aromatic carbocycles. The van der Waals surface area contributed by atoms with Crippen LogP contribution >= 0.6 is 0 Å². The Bertz CT molecular complexity index is 989. The number of hydrogen-bond acceptors (Lipinski definition) is 3. The zero-order chi connectivity index (χ0) is 24.6. The van der Waals surface area contributed by atoms with E-state index in [-0.39, 0.29) is 12.0 Å². The summed E-state index contributed by atoms with van der Waals surface area (Å²) in [7, 11) is -2.62. The number of carbonyl (C=O) groups excluding carboxylic acids is 1. The number of nitrogens with one attached hydrogen (secondary N) is 1. The lowest BCUT2D eigenvalue weighted by Gasteiger charge is -2.32. The molecule has 0 unspecified atom stereocenters. The second kappa shape index (κ2) is 11.7. The first kappa shape index (κ1) is 26.1. The third kappa shape index (κ3) is 7.22. The molecule has 6 nitrogen and oxygen atoms in total. The van der Waals surface area contributed by atoms with Gasteiger partial charge in [0.15, 0.2) is 0 Å². The minimum absolute atomic E-state index is 0.0931. The third-order valence-corrected chi connectivity index (χ3v) is 17.8. The van der Waals surface area contributed by atoms with Gasteiger partial charge in [0.05, 0.1) is 0 Å². The van der Waals surface area contributed by atoms with Crippen molar-refractivity contribution < 1.29 is 9.53 Å². The van der Waals surface area contributed by atoms with Crippen molar-refractivity contribution in [1.29, 1.82) is 0 Å². The quantitative estimate of drug-likeness (QED) is 0.108. The standard InChI is InChI=1S/C26H38N4O2Si2/c1-33(2,20-34(3,4)18-10-16-29-30-27)17-9-15-28-26(31)32-19-25-23-13-7-5-11-21(23)22-12-6-8-14-24(22)25/h5-8,11-14,25H,9-10,15-20H2,1-4H3,(H,28,31). The number of rotatable bonds is 12. The van der Waals surface area contributed by atoms with Crippen LogP contribution in [-0.4, -0.2) is 41.9 Å². The van der Waals surface area contributed by atoms with Crippen LogP contribution in [0.15, 0.2) is 53.6 Å². The van der Waals surface area contributed by atoms with Crippen molar-refractivity contribution in [3.05, 3.63) is 70.1 Å². The Morgan fingerprint density at radius 3 is 2.12 bits per heavy atom. The van der Waals surface area contributed by atoms with Crippen molar-refractivity contribution in [1.82, 2.24) is 5.32 Å².